The number of alkyl halides is 3. The lowest BCUT2D eigenvalue weighted by Gasteiger charge is -2.16. The van der Waals surface area contributed by atoms with Gasteiger partial charge in [-0.3, -0.25) is 4.90 Å². The minimum absolute atomic E-state index is 0.0202. The molecule has 18 heavy (non-hydrogen) atoms. The highest BCUT2D eigenvalue weighted by molar-refractivity contribution is 5.85. The van der Waals surface area contributed by atoms with Crippen molar-refractivity contribution in [3.05, 3.63) is 24.1 Å². The van der Waals surface area contributed by atoms with E-state index in [9.17, 15) is 13.2 Å². The summed E-state index contributed by atoms with van der Waals surface area (Å²) in [7, 11) is 1.35. The lowest BCUT2D eigenvalue weighted by molar-refractivity contribution is -0.144. The summed E-state index contributed by atoms with van der Waals surface area (Å²) >= 11 is 0. The Labute approximate surface area is 101 Å². The number of para-hydroxylation sites is 1. The first-order valence-electron chi connectivity index (χ1n) is 5.24. The van der Waals surface area contributed by atoms with Crippen LogP contribution in [0.1, 0.15) is 5.89 Å². The zero-order chi connectivity index (χ0) is 13.3. The fourth-order valence-electron chi connectivity index (χ4n) is 1.68. The third-order valence-corrected chi connectivity index (χ3v) is 2.35. The standard InChI is InChI=1S/C11H12F3N3O/c1-17(6-11(12,13)14)5-9-16-10-7(15)3-2-4-8(10)18-9/h2-4H,5-6,15H2,1H3. The van der Waals surface area contributed by atoms with Crippen molar-refractivity contribution in [1.82, 2.24) is 9.88 Å². The Bertz CT molecular complexity index is 550. The summed E-state index contributed by atoms with van der Waals surface area (Å²) in [6.45, 7) is -1.03. The summed E-state index contributed by atoms with van der Waals surface area (Å²) in [6, 6.07) is 5.03. The molecule has 7 heteroatoms. The Hall–Kier alpha value is -1.76. The molecule has 0 spiro atoms. The van der Waals surface area contributed by atoms with Gasteiger partial charge in [-0.2, -0.15) is 13.2 Å². The van der Waals surface area contributed by atoms with E-state index in [1.54, 1.807) is 18.2 Å². The number of nitrogen functional groups attached to an aromatic ring is 1. The van der Waals surface area contributed by atoms with E-state index in [-0.39, 0.29) is 12.4 Å². The SMILES string of the molecule is CN(Cc1nc2c(N)cccc2o1)CC(F)(F)F. The maximum absolute atomic E-state index is 12.2. The average molecular weight is 259 g/mol. The largest absolute Gasteiger partial charge is 0.439 e. The van der Waals surface area contributed by atoms with Crippen LogP contribution < -0.4 is 5.73 Å². The molecule has 0 fully saturated rings. The number of fused-ring (bicyclic) bond motifs is 1. The van der Waals surface area contributed by atoms with Gasteiger partial charge in [0.1, 0.15) is 5.52 Å². The molecule has 0 atom stereocenters. The highest BCUT2D eigenvalue weighted by Gasteiger charge is 2.29. The van der Waals surface area contributed by atoms with Gasteiger partial charge in [-0.15, -0.1) is 0 Å². The molecule has 1 aromatic heterocycles. The van der Waals surface area contributed by atoms with Crippen molar-refractivity contribution in [2.75, 3.05) is 19.3 Å². The first-order chi connectivity index (χ1) is 8.35. The number of anilines is 1. The predicted molar refractivity (Wildman–Crippen MR) is 60.8 cm³/mol. The van der Waals surface area contributed by atoms with Crippen molar-refractivity contribution < 1.29 is 17.6 Å². The fourth-order valence-corrected chi connectivity index (χ4v) is 1.68. The molecule has 2 N–H and O–H groups in total. The molecule has 2 rings (SSSR count). The predicted octanol–water partition coefficient (Wildman–Crippen LogP) is 2.40. The molecule has 0 amide bonds. The van der Waals surface area contributed by atoms with Gasteiger partial charge in [0, 0.05) is 0 Å². The molecule has 0 unspecified atom stereocenters. The van der Waals surface area contributed by atoms with Gasteiger partial charge in [0.05, 0.1) is 18.8 Å². The van der Waals surface area contributed by atoms with Crippen molar-refractivity contribution in [2.24, 2.45) is 0 Å². The second-order valence-corrected chi connectivity index (χ2v) is 4.09. The van der Waals surface area contributed by atoms with Crippen LogP contribution in [0.5, 0.6) is 0 Å². The molecule has 0 aliphatic heterocycles. The van der Waals surface area contributed by atoms with E-state index in [0.717, 1.165) is 4.90 Å². The summed E-state index contributed by atoms with van der Waals surface area (Å²) in [5, 5.41) is 0. The van der Waals surface area contributed by atoms with Gasteiger partial charge in [0.2, 0.25) is 5.89 Å². The van der Waals surface area contributed by atoms with Crippen LogP contribution in [-0.4, -0.2) is 29.7 Å². The van der Waals surface area contributed by atoms with Crippen LogP contribution in [0.15, 0.2) is 22.6 Å². The molecule has 2 aromatic rings. The van der Waals surface area contributed by atoms with E-state index < -0.39 is 12.7 Å². The molecule has 1 aromatic carbocycles. The Morgan fingerprint density at radius 3 is 2.72 bits per heavy atom. The third kappa shape index (κ3) is 2.92. The fraction of sp³-hybridized carbons (Fsp3) is 0.364. The number of hydrogen-bond donors (Lipinski definition) is 1. The zero-order valence-electron chi connectivity index (χ0n) is 9.66. The van der Waals surface area contributed by atoms with E-state index in [4.69, 9.17) is 10.2 Å². The lowest BCUT2D eigenvalue weighted by atomic mass is 10.3. The van der Waals surface area contributed by atoms with Crippen LogP contribution in [0.3, 0.4) is 0 Å². The van der Waals surface area contributed by atoms with Gasteiger partial charge in [0.25, 0.3) is 0 Å². The lowest BCUT2D eigenvalue weighted by Crippen LogP contribution is -2.30. The van der Waals surface area contributed by atoms with E-state index >= 15 is 0 Å². The molecule has 0 bridgehead atoms. The Kier molecular flexibility index (Phi) is 3.16. The number of nitrogens with two attached hydrogens (primary N) is 1. The molecule has 0 saturated carbocycles. The number of halogens is 3. The minimum Gasteiger partial charge on any atom is -0.439 e. The van der Waals surface area contributed by atoms with Crippen molar-refractivity contribution >= 4 is 16.8 Å². The summed E-state index contributed by atoms with van der Waals surface area (Å²) in [5.74, 6) is 0.217. The van der Waals surface area contributed by atoms with Crippen LogP contribution >= 0.6 is 0 Å². The molecular formula is C11H12F3N3O. The van der Waals surface area contributed by atoms with Crippen molar-refractivity contribution in [2.45, 2.75) is 12.7 Å². The second-order valence-electron chi connectivity index (χ2n) is 4.09. The molecular weight excluding hydrogens is 247 g/mol. The van der Waals surface area contributed by atoms with Crippen LogP contribution in [-0.2, 0) is 6.54 Å². The van der Waals surface area contributed by atoms with E-state index in [2.05, 4.69) is 4.98 Å². The number of benzene rings is 1. The Morgan fingerprint density at radius 2 is 2.11 bits per heavy atom. The van der Waals surface area contributed by atoms with Crippen LogP contribution in [0.2, 0.25) is 0 Å². The maximum atomic E-state index is 12.2. The summed E-state index contributed by atoms with van der Waals surface area (Å²) in [6.07, 6.45) is -4.24. The van der Waals surface area contributed by atoms with Crippen molar-refractivity contribution in [3.8, 4) is 0 Å². The summed E-state index contributed by atoms with van der Waals surface area (Å²) in [5.41, 5.74) is 7.09. The van der Waals surface area contributed by atoms with E-state index in [1.807, 2.05) is 0 Å². The highest BCUT2D eigenvalue weighted by Crippen LogP contribution is 2.22. The number of nitrogens with zero attached hydrogens (tertiary/aromatic N) is 2. The van der Waals surface area contributed by atoms with Gasteiger partial charge in [-0.25, -0.2) is 4.98 Å². The Morgan fingerprint density at radius 1 is 1.39 bits per heavy atom. The first kappa shape index (κ1) is 12.7. The molecule has 0 aliphatic rings. The molecule has 0 radical (unpaired) electrons. The average Bonchev–Trinajstić information content (AvgIpc) is 2.58. The van der Waals surface area contributed by atoms with Gasteiger partial charge < -0.3 is 10.2 Å². The highest BCUT2D eigenvalue weighted by atomic mass is 19.4. The monoisotopic (exact) mass is 259 g/mol. The third-order valence-electron chi connectivity index (χ3n) is 2.35. The number of oxazole rings is 1. The summed E-state index contributed by atoms with van der Waals surface area (Å²) in [4.78, 5) is 5.17. The van der Waals surface area contributed by atoms with E-state index in [1.165, 1.54) is 7.05 Å². The second kappa shape index (κ2) is 4.49. The number of hydrogen-bond acceptors (Lipinski definition) is 4. The maximum Gasteiger partial charge on any atom is 0.401 e. The van der Waals surface area contributed by atoms with Gasteiger partial charge in [0.15, 0.2) is 5.58 Å². The summed E-state index contributed by atoms with van der Waals surface area (Å²) < 4.78 is 41.8. The van der Waals surface area contributed by atoms with Gasteiger partial charge >= 0.3 is 6.18 Å². The van der Waals surface area contributed by atoms with Gasteiger partial charge in [-0.05, 0) is 19.2 Å². The normalized spacial score (nSPS) is 12.5. The molecule has 0 aliphatic carbocycles. The van der Waals surface area contributed by atoms with E-state index in [0.29, 0.717) is 16.8 Å². The molecule has 4 nitrogen and oxygen atoms in total. The number of rotatable bonds is 3. The molecule has 0 saturated heterocycles. The number of aromatic nitrogens is 1. The van der Waals surface area contributed by atoms with Crippen LogP contribution in [0, 0.1) is 0 Å². The van der Waals surface area contributed by atoms with Crippen LogP contribution in [0.25, 0.3) is 11.1 Å². The Balaban J connectivity index is 2.15. The molecule has 98 valence electrons. The molecule has 1 heterocycles. The smallest absolute Gasteiger partial charge is 0.401 e. The quantitative estimate of drug-likeness (QED) is 0.860. The van der Waals surface area contributed by atoms with Gasteiger partial charge in [-0.1, -0.05) is 6.07 Å². The van der Waals surface area contributed by atoms with Crippen LogP contribution in [0.4, 0.5) is 18.9 Å². The topological polar surface area (TPSA) is 55.3 Å². The van der Waals surface area contributed by atoms with Crippen molar-refractivity contribution in [1.29, 1.82) is 0 Å². The zero-order valence-corrected chi connectivity index (χ0v) is 9.66. The minimum atomic E-state index is -4.24. The van der Waals surface area contributed by atoms with Crippen molar-refractivity contribution in [3.63, 3.8) is 0 Å². The first-order valence-corrected chi connectivity index (χ1v) is 5.24.